The number of carbonyl (C=O) groups is 3. The monoisotopic (exact) mass is 345 g/mol. The first-order valence-corrected chi connectivity index (χ1v) is 8.87. The molecule has 25 heavy (non-hydrogen) atoms. The lowest BCUT2D eigenvalue weighted by atomic mass is 10.1. The van der Waals surface area contributed by atoms with E-state index in [0.29, 0.717) is 30.9 Å². The topological polar surface area (TPSA) is 69.7 Å². The minimum atomic E-state index is -0.327. The number of hydrogen-bond donors (Lipinski definition) is 1. The number of likely N-dealkylation sites (tertiary alicyclic amines) is 1. The fraction of sp³-hybridized carbons (Fsp3) is 0.526. The van der Waals surface area contributed by atoms with E-state index >= 15 is 0 Å². The van der Waals surface area contributed by atoms with Crippen LogP contribution in [0.25, 0.3) is 0 Å². The summed E-state index contributed by atoms with van der Waals surface area (Å²) in [5.41, 5.74) is 1.24. The SMILES string of the molecule is CCN(CC)C(=O)c1ccc(NC(=O)C2CC(=O)N(C(C)C)C2)cc1. The molecule has 136 valence electrons. The van der Waals surface area contributed by atoms with Crippen molar-refractivity contribution in [1.82, 2.24) is 9.80 Å². The molecule has 3 amide bonds. The van der Waals surface area contributed by atoms with Crippen LogP contribution in [-0.2, 0) is 9.59 Å². The van der Waals surface area contributed by atoms with Crippen LogP contribution in [0.2, 0.25) is 0 Å². The summed E-state index contributed by atoms with van der Waals surface area (Å²) >= 11 is 0. The average molecular weight is 345 g/mol. The fourth-order valence-electron chi connectivity index (χ4n) is 3.04. The van der Waals surface area contributed by atoms with Crippen molar-refractivity contribution in [3.8, 4) is 0 Å². The molecule has 6 nitrogen and oxygen atoms in total. The molecule has 0 spiro atoms. The van der Waals surface area contributed by atoms with Crippen LogP contribution in [0, 0.1) is 5.92 Å². The lowest BCUT2D eigenvalue weighted by Crippen LogP contribution is -2.33. The Morgan fingerprint density at radius 2 is 1.80 bits per heavy atom. The van der Waals surface area contributed by atoms with Gasteiger partial charge in [-0.1, -0.05) is 0 Å². The minimum absolute atomic E-state index is 0.0168. The Bertz CT molecular complexity index is 636. The van der Waals surface area contributed by atoms with Gasteiger partial charge in [0.05, 0.1) is 5.92 Å². The molecular weight excluding hydrogens is 318 g/mol. The first-order chi connectivity index (χ1) is 11.9. The zero-order valence-corrected chi connectivity index (χ0v) is 15.4. The van der Waals surface area contributed by atoms with Crippen molar-refractivity contribution in [1.29, 1.82) is 0 Å². The number of benzene rings is 1. The molecule has 1 atom stereocenters. The Balaban J connectivity index is 1.98. The van der Waals surface area contributed by atoms with E-state index in [2.05, 4.69) is 5.32 Å². The molecule has 1 aromatic carbocycles. The van der Waals surface area contributed by atoms with Crippen molar-refractivity contribution < 1.29 is 14.4 Å². The summed E-state index contributed by atoms with van der Waals surface area (Å²) in [5.74, 6) is -0.474. The molecule has 1 saturated heterocycles. The third kappa shape index (κ3) is 4.38. The number of hydrogen-bond acceptors (Lipinski definition) is 3. The zero-order chi connectivity index (χ0) is 18.6. The molecule has 1 N–H and O–H groups in total. The van der Waals surface area contributed by atoms with Gasteiger partial charge in [0.15, 0.2) is 0 Å². The van der Waals surface area contributed by atoms with Gasteiger partial charge < -0.3 is 15.1 Å². The summed E-state index contributed by atoms with van der Waals surface area (Å²) in [6.07, 6.45) is 0.253. The number of rotatable bonds is 6. The molecule has 0 saturated carbocycles. The minimum Gasteiger partial charge on any atom is -0.339 e. The van der Waals surface area contributed by atoms with Crippen LogP contribution in [0.1, 0.15) is 44.5 Å². The van der Waals surface area contributed by atoms with E-state index in [0.717, 1.165) is 0 Å². The summed E-state index contributed by atoms with van der Waals surface area (Å²) in [6.45, 7) is 9.57. The smallest absolute Gasteiger partial charge is 0.253 e. The van der Waals surface area contributed by atoms with Gasteiger partial charge in [0.25, 0.3) is 5.91 Å². The molecule has 0 aliphatic carbocycles. The molecule has 0 radical (unpaired) electrons. The number of amides is 3. The van der Waals surface area contributed by atoms with Crippen molar-refractivity contribution in [3.63, 3.8) is 0 Å². The third-order valence-corrected chi connectivity index (χ3v) is 4.60. The number of carbonyl (C=O) groups excluding carboxylic acids is 3. The van der Waals surface area contributed by atoms with Gasteiger partial charge in [-0.2, -0.15) is 0 Å². The Labute approximate surface area is 149 Å². The molecule has 1 heterocycles. The second-order valence-electron chi connectivity index (χ2n) is 6.58. The standard InChI is InChI=1S/C19H27N3O3/c1-5-21(6-2)19(25)14-7-9-16(10-8-14)20-18(24)15-11-17(23)22(12-15)13(3)4/h7-10,13,15H,5-6,11-12H2,1-4H3,(H,20,24). The quantitative estimate of drug-likeness (QED) is 0.860. The molecule has 2 rings (SSSR count). The Morgan fingerprint density at radius 1 is 1.20 bits per heavy atom. The second kappa shape index (κ2) is 8.14. The van der Waals surface area contributed by atoms with E-state index in [1.165, 1.54) is 0 Å². The maximum absolute atomic E-state index is 12.4. The van der Waals surface area contributed by atoms with Crippen molar-refractivity contribution in [2.45, 2.75) is 40.2 Å². The van der Waals surface area contributed by atoms with Gasteiger partial charge in [0.2, 0.25) is 11.8 Å². The van der Waals surface area contributed by atoms with Gasteiger partial charge in [0, 0.05) is 43.3 Å². The van der Waals surface area contributed by atoms with E-state index in [-0.39, 0.29) is 36.1 Å². The molecule has 0 aromatic heterocycles. The Morgan fingerprint density at radius 3 is 2.28 bits per heavy atom. The molecule has 1 aliphatic heterocycles. The second-order valence-corrected chi connectivity index (χ2v) is 6.58. The Kier molecular flexibility index (Phi) is 6.17. The van der Waals surface area contributed by atoms with Crippen molar-refractivity contribution in [2.24, 2.45) is 5.92 Å². The van der Waals surface area contributed by atoms with Gasteiger partial charge >= 0.3 is 0 Å². The molecule has 0 bridgehead atoms. The van der Waals surface area contributed by atoms with Crippen molar-refractivity contribution in [2.75, 3.05) is 25.0 Å². The van der Waals surface area contributed by atoms with Gasteiger partial charge in [-0.3, -0.25) is 14.4 Å². The molecule has 1 unspecified atom stereocenters. The van der Waals surface area contributed by atoms with Crippen LogP contribution in [0.5, 0.6) is 0 Å². The zero-order valence-electron chi connectivity index (χ0n) is 15.4. The number of nitrogens with one attached hydrogen (secondary N) is 1. The van der Waals surface area contributed by atoms with Gasteiger partial charge in [0.1, 0.15) is 0 Å². The van der Waals surface area contributed by atoms with Gasteiger partial charge in [-0.15, -0.1) is 0 Å². The van der Waals surface area contributed by atoms with E-state index < -0.39 is 0 Å². The molecule has 6 heteroatoms. The van der Waals surface area contributed by atoms with Crippen molar-refractivity contribution in [3.05, 3.63) is 29.8 Å². The van der Waals surface area contributed by atoms with Crippen molar-refractivity contribution >= 4 is 23.4 Å². The maximum Gasteiger partial charge on any atom is 0.253 e. The normalized spacial score (nSPS) is 17.1. The van der Waals surface area contributed by atoms with Crippen LogP contribution < -0.4 is 5.32 Å². The van der Waals surface area contributed by atoms with E-state index in [9.17, 15) is 14.4 Å². The summed E-state index contributed by atoms with van der Waals surface area (Å²) in [6, 6.07) is 7.00. The van der Waals surface area contributed by atoms with Crippen LogP contribution >= 0.6 is 0 Å². The van der Waals surface area contributed by atoms with Crippen LogP contribution in [0.15, 0.2) is 24.3 Å². The number of nitrogens with zero attached hydrogens (tertiary/aromatic N) is 2. The summed E-state index contributed by atoms with van der Waals surface area (Å²) < 4.78 is 0. The van der Waals surface area contributed by atoms with Gasteiger partial charge in [-0.05, 0) is 52.0 Å². The highest BCUT2D eigenvalue weighted by Crippen LogP contribution is 2.22. The Hall–Kier alpha value is -2.37. The third-order valence-electron chi connectivity index (χ3n) is 4.60. The van der Waals surface area contributed by atoms with E-state index in [1.807, 2.05) is 27.7 Å². The maximum atomic E-state index is 12.4. The highest BCUT2D eigenvalue weighted by Gasteiger charge is 2.35. The lowest BCUT2D eigenvalue weighted by molar-refractivity contribution is -0.129. The predicted molar refractivity (Wildman–Crippen MR) is 97.3 cm³/mol. The molecule has 1 aromatic rings. The fourth-order valence-corrected chi connectivity index (χ4v) is 3.04. The predicted octanol–water partition coefficient (Wildman–Crippen LogP) is 2.36. The average Bonchev–Trinajstić information content (AvgIpc) is 2.99. The van der Waals surface area contributed by atoms with Crippen LogP contribution in [-0.4, -0.2) is 53.2 Å². The summed E-state index contributed by atoms with van der Waals surface area (Å²) in [4.78, 5) is 40.1. The largest absolute Gasteiger partial charge is 0.339 e. The highest BCUT2D eigenvalue weighted by molar-refractivity contribution is 5.98. The summed E-state index contributed by atoms with van der Waals surface area (Å²) in [7, 11) is 0. The van der Waals surface area contributed by atoms with Gasteiger partial charge in [-0.25, -0.2) is 0 Å². The first-order valence-electron chi connectivity index (χ1n) is 8.87. The molecule has 1 aliphatic rings. The first kappa shape index (κ1) is 19.0. The highest BCUT2D eigenvalue weighted by atomic mass is 16.2. The lowest BCUT2D eigenvalue weighted by Gasteiger charge is -2.20. The number of anilines is 1. The van der Waals surface area contributed by atoms with Crippen LogP contribution in [0.3, 0.4) is 0 Å². The van der Waals surface area contributed by atoms with E-state index in [4.69, 9.17) is 0 Å². The van der Waals surface area contributed by atoms with Crippen LogP contribution in [0.4, 0.5) is 5.69 Å². The molecule has 1 fully saturated rings. The summed E-state index contributed by atoms with van der Waals surface area (Å²) in [5, 5.41) is 2.84. The molecular formula is C19H27N3O3. The van der Waals surface area contributed by atoms with E-state index in [1.54, 1.807) is 34.1 Å².